The van der Waals surface area contributed by atoms with Gasteiger partial charge in [0.1, 0.15) is 12.8 Å². The van der Waals surface area contributed by atoms with Crippen molar-refractivity contribution in [1.82, 2.24) is 0 Å². The summed E-state index contributed by atoms with van der Waals surface area (Å²) in [4.78, 5) is 36.3. The molecule has 0 aromatic rings. The van der Waals surface area contributed by atoms with Crippen LogP contribution in [0.5, 0.6) is 0 Å². The van der Waals surface area contributed by atoms with Crippen molar-refractivity contribution in [2.45, 2.75) is 89.8 Å². The quantitative estimate of drug-likeness (QED) is 0.293. The summed E-state index contributed by atoms with van der Waals surface area (Å²) >= 11 is 7.35. The number of fused-ring (bicyclic) bond motifs is 5. The van der Waals surface area contributed by atoms with Crippen LogP contribution in [-0.2, 0) is 19.1 Å². The lowest BCUT2D eigenvalue weighted by Gasteiger charge is -2.63. The Balaban J connectivity index is 1.59. The average molecular weight is 509 g/mol. The molecule has 0 spiro atoms. The molecule has 194 valence electrons. The summed E-state index contributed by atoms with van der Waals surface area (Å²) in [6.07, 6.45) is 6.18. The standard InChI is InChI=1S/C28H38ClFO5/c1-5-6-7-8-24(34)35-15-22(32)25-16(2)11-18-19-13-21(30)20-12-17(31)9-10-27(20,4)28(19,29)23(33)14-26(18,25)3/h9-10,12,16,18-19,21,23,25,33H,5-8,11,13-15H2,1-4H3/t16-,18+,19+,21+,23+,25-,26+,27+,28+/m1/s1. The van der Waals surface area contributed by atoms with E-state index < -0.39 is 33.9 Å². The van der Waals surface area contributed by atoms with E-state index in [-0.39, 0.29) is 48.3 Å². The van der Waals surface area contributed by atoms with Crippen LogP contribution in [0.4, 0.5) is 4.39 Å². The molecule has 0 amide bonds. The summed E-state index contributed by atoms with van der Waals surface area (Å²) in [6, 6.07) is 0. The molecule has 35 heavy (non-hydrogen) atoms. The van der Waals surface area contributed by atoms with Crippen LogP contribution in [0.1, 0.15) is 72.6 Å². The topological polar surface area (TPSA) is 80.7 Å². The van der Waals surface area contributed by atoms with Crippen LogP contribution >= 0.6 is 11.6 Å². The van der Waals surface area contributed by atoms with Crippen molar-refractivity contribution in [3.63, 3.8) is 0 Å². The maximum atomic E-state index is 15.6. The normalized spacial score (nSPS) is 44.2. The Morgan fingerprint density at radius 2 is 1.94 bits per heavy atom. The van der Waals surface area contributed by atoms with Gasteiger partial charge in [-0.05, 0) is 66.6 Å². The summed E-state index contributed by atoms with van der Waals surface area (Å²) in [7, 11) is 0. The first kappa shape index (κ1) is 26.5. The molecule has 4 aliphatic carbocycles. The van der Waals surface area contributed by atoms with E-state index in [0.29, 0.717) is 24.8 Å². The number of aliphatic hydroxyl groups is 1. The van der Waals surface area contributed by atoms with Crippen LogP contribution in [0.25, 0.3) is 0 Å². The van der Waals surface area contributed by atoms with Gasteiger partial charge in [0.2, 0.25) is 0 Å². The van der Waals surface area contributed by atoms with E-state index in [1.54, 1.807) is 6.08 Å². The molecule has 3 fully saturated rings. The van der Waals surface area contributed by atoms with E-state index in [0.717, 1.165) is 19.3 Å². The van der Waals surface area contributed by atoms with Crippen LogP contribution in [0.3, 0.4) is 0 Å². The second-order valence-corrected chi connectivity index (χ2v) is 12.3. The third kappa shape index (κ3) is 4.03. The largest absolute Gasteiger partial charge is 0.458 e. The number of esters is 1. The molecule has 1 N–H and O–H groups in total. The third-order valence-electron chi connectivity index (χ3n) is 9.68. The lowest BCUT2D eigenvalue weighted by atomic mass is 9.46. The zero-order valence-corrected chi connectivity index (χ0v) is 21.9. The van der Waals surface area contributed by atoms with Gasteiger partial charge in [0.05, 0.1) is 11.0 Å². The number of aliphatic hydroxyl groups excluding tert-OH is 1. The molecule has 0 heterocycles. The van der Waals surface area contributed by atoms with Crippen molar-refractivity contribution in [3.8, 4) is 0 Å². The van der Waals surface area contributed by atoms with Crippen molar-refractivity contribution in [2.75, 3.05) is 6.61 Å². The monoisotopic (exact) mass is 508 g/mol. The summed E-state index contributed by atoms with van der Waals surface area (Å²) in [6.45, 7) is 7.63. The Kier molecular flexibility index (Phi) is 7.13. The molecule has 3 saturated carbocycles. The molecular weight excluding hydrogens is 471 g/mol. The Bertz CT molecular complexity index is 961. The van der Waals surface area contributed by atoms with Gasteiger partial charge >= 0.3 is 5.97 Å². The maximum absolute atomic E-state index is 15.6. The number of allylic oxidation sites excluding steroid dienone is 4. The molecule has 9 atom stereocenters. The van der Waals surface area contributed by atoms with Gasteiger partial charge in [-0.2, -0.15) is 0 Å². The smallest absolute Gasteiger partial charge is 0.306 e. The summed E-state index contributed by atoms with van der Waals surface area (Å²) in [5.41, 5.74) is -1.24. The lowest BCUT2D eigenvalue weighted by molar-refractivity contribution is -0.153. The predicted molar refractivity (Wildman–Crippen MR) is 132 cm³/mol. The van der Waals surface area contributed by atoms with Gasteiger partial charge in [-0.1, -0.05) is 46.6 Å². The highest BCUT2D eigenvalue weighted by Gasteiger charge is 2.71. The minimum atomic E-state index is -1.34. The maximum Gasteiger partial charge on any atom is 0.306 e. The minimum absolute atomic E-state index is 0.00575. The molecule has 5 nitrogen and oxygen atoms in total. The van der Waals surface area contributed by atoms with Gasteiger partial charge in [-0.3, -0.25) is 14.4 Å². The van der Waals surface area contributed by atoms with Gasteiger partial charge in [0, 0.05) is 17.8 Å². The molecule has 0 aromatic carbocycles. The van der Waals surface area contributed by atoms with E-state index >= 15 is 4.39 Å². The fourth-order valence-electron chi connectivity index (χ4n) is 8.09. The predicted octanol–water partition coefficient (Wildman–Crippen LogP) is 5.13. The number of hydrogen-bond donors (Lipinski definition) is 1. The SMILES string of the molecule is CCCCCC(=O)OCC(=O)[C@H]1[C@H](C)C[C@H]2[C@@H]3C[C@H](F)C4=CC(=O)C=C[C@]4(C)[C@@]3(Cl)[C@@H](O)C[C@@]21C. The Morgan fingerprint density at radius 3 is 2.63 bits per heavy atom. The number of ether oxygens (including phenoxy) is 1. The van der Waals surface area contributed by atoms with Gasteiger partial charge in [0.15, 0.2) is 11.6 Å². The van der Waals surface area contributed by atoms with E-state index in [1.807, 2.05) is 20.8 Å². The van der Waals surface area contributed by atoms with Gasteiger partial charge in [-0.15, -0.1) is 11.6 Å². The number of ketones is 2. The second-order valence-electron chi connectivity index (χ2n) is 11.7. The first-order chi connectivity index (χ1) is 16.4. The molecule has 0 unspecified atom stereocenters. The molecule has 0 radical (unpaired) electrons. The highest BCUT2D eigenvalue weighted by molar-refractivity contribution is 6.26. The highest BCUT2D eigenvalue weighted by Crippen LogP contribution is 2.70. The number of carbonyl (C=O) groups excluding carboxylic acids is 3. The molecular formula is C28H38ClFO5. The van der Waals surface area contributed by atoms with Crippen molar-refractivity contribution >= 4 is 29.1 Å². The van der Waals surface area contributed by atoms with Crippen molar-refractivity contribution in [3.05, 3.63) is 23.8 Å². The van der Waals surface area contributed by atoms with E-state index in [4.69, 9.17) is 16.3 Å². The molecule has 4 aliphatic rings. The van der Waals surface area contributed by atoms with Gasteiger partial charge in [0.25, 0.3) is 0 Å². The second kappa shape index (κ2) is 9.41. The van der Waals surface area contributed by atoms with E-state index in [2.05, 4.69) is 6.92 Å². The number of carbonyl (C=O) groups is 3. The zero-order chi connectivity index (χ0) is 25.8. The summed E-state index contributed by atoms with van der Waals surface area (Å²) in [5.74, 6) is -1.62. The number of unbranched alkanes of at least 4 members (excludes halogenated alkanes) is 2. The number of halogens is 2. The van der Waals surface area contributed by atoms with E-state index in [1.165, 1.54) is 12.2 Å². The fraction of sp³-hybridized carbons (Fsp3) is 0.750. The molecule has 7 heteroatoms. The molecule has 0 aromatic heterocycles. The molecule has 0 bridgehead atoms. The van der Waals surface area contributed by atoms with Crippen LogP contribution in [0, 0.1) is 34.5 Å². The summed E-state index contributed by atoms with van der Waals surface area (Å²) < 4.78 is 20.9. The van der Waals surface area contributed by atoms with Crippen molar-refractivity contribution in [1.29, 1.82) is 0 Å². The number of rotatable bonds is 7. The molecule has 0 aliphatic heterocycles. The highest BCUT2D eigenvalue weighted by atomic mass is 35.5. The molecule has 0 saturated heterocycles. The van der Waals surface area contributed by atoms with E-state index in [9.17, 15) is 19.5 Å². The van der Waals surface area contributed by atoms with Crippen LogP contribution in [0.15, 0.2) is 23.8 Å². The molecule has 4 rings (SSSR count). The number of alkyl halides is 2. The van der Waals surface area contributed by atoms with Crippen LogP contribution in [0.2, 0.25) is 0 Å². The number of hydrogen-bond acceptors (Lipinski definition) is 5. The summed E-state index contributed by atoms with van der Waals surface area (Å²) in [5, 5.41) is 11.6. The van der Waals surface area contributed by atoms with Gasteiger partial charge < -0.3 is 9.84 Å². The third-order valence-corrected chi connectivity index (χ3v) is 10.6. The zero-order valence-electron chi connectivity index (χ0n) is 21.2. The Hall–Kier alpha value is -1.53. The number of Topliss-reactive ketones (excluding diaryl/α,β-unsaturated/α-hetero) is 1. The Morgan fingerprint density at radius 1 is 1.23 bits per heavy atom. The van der Waals surface area contributed by atoms with Crippen molar-refractivity contribution in [2.24, 2.45) is 34.5 Å². The van der Waals surface area contributed by atoms with Crippen molar-refractivity contribution < 1.29 is 28.6 Å². The van der Waals surface area contributed by atoms with Gasteiger partial charge in [-0.25, -0.2) is 4.39 Å². The Labute approximate surface area is 212 Å². The fourth-order valence-corrected chi connectivity index (χ4v) is 8.58. The van der Waals surface area contributed by atoms with Crippen LogP contribution < -0.4 is 0 Å². The first-order valence-electron chi connectivity index (χ1n) is 13.0. The minimum Gasteiger partial charge on any atom is -0.458 e. The lowest BCUT2D eigenvalue weighted by Crippen LogP contribution is -2.67. The first-order valence-corrected chi connectivity index (χ1v) is 13.4. The average Bonchev–Trinajstić information content (AvgIpc) is 3.05. The van der Waals surface area contributed by atoms with Crippen LogP contribution in [-0.4, -0.2) is 46.4 Å².